The molecular formula is C42H42N2O4. The lowest BCUT2D eigenvalue weighted by atomic mass is 10.0. The summed E-state index contributed by atoms with van der Waals surface area (Å²) in [6.45, 7) is 10.4. The molecule has 0 saturated heterocycles. The molecule has 48 heavy (non-hydrogen) atoms. The Morgan fingerprint density at radius 2 is 0.604 bits per heavy atom. The summed E-state index contributed by atoms with van der Waals surface area (Å²) in [7, 11) is 0. The Labute approximate surface area is 283 Å². The van der Waals surface area contributed by atoms with E-state index < -0.39 is 0 Å². The fourth-order valence-electron chi connectivity index (χ4n) is 5.86. The van der Waals surface area contributed by atoms with Gasteiger partial charge in [0, 0.05) is 22.7 Å². The van der Waals surface area contributed by atoms with E-state index >= 15 is 0 Å². The van der Waals surface area contributed by atoms with Gasteiger partial charge in [0.05, 0.1) is 37.8 Å². The van der Waals surface area contributed by atoms with Crippen molar-refractivity contribution in [3.63, 3.8) is 0 Å². The molecule has 0 heterocycles. The molecule has 6 aromatic rings. The largest absolute Gasteiger partial charge is 0.494 e. The maximum atomic E-state index is 5.82. The minimum absolute atomic E-state index is 0.607. The molecule has 6 heteroatoms. The molecule has 0 bridgehead atoms. The van der Waals surface area contributed by atoms with Crippen LogP contribution in [0, 0.1) is 0 Å². The second kappa shape index (κ2) is 15.3. The second-order valence-corrected chi connectivity index (χ2v) is 11.1. The Kier molecular flexibility index (Phi) is 10.3. The van der Waals surface area contributed by atoms with Crippen LogP contribution in [0.25, 0.3) is 10.8 Å². The summed E-state index contributed by atoms with van der Waals surface area (Å²) in [6, 6.07) is 46.1. The van der Waals surface area contributed by atoms with Crippen LogP contribution in [-0.2, 0) is 0 Å². The van der Waals surface area contributed by atoms with Gasteiger partial charge < -0.3 is 28.7 Å². The highest BCUT2D eigenvalue weighted by Crippen LogP contribution is 2.48. The van der Waals surface area contributed by atoms with E-state index in [9.17, 15) is 0 Å². The monoisotopic (exact) mass is 638 g/mol. The van der Waals surface area contributed by atoms with Crippen molar-refractivity contribution in [2.75, 3.05) is 36.2 Å². The standard InChI is InChI=1S/C42H42N2O4/c1-5-45-37-21-13-33(14-22-37)43(34-15-23-38(24-16-34)46-6-2)41-29-31-11-9-10-12-32(31)30-42(41)44(35-17-25-39(26-18-35)47-7-3)36-19-27-40(28-20-36)48-8-4/h9-30H,5-8H2,1-4H3. The number of hydrogen-bond acceptors (Lipinski definition) is 6. The van der Waals surface area contributed by atoms with Crippen LogP contribution in [0.1, 0.15) is 27.7 Å². The number of ether oxygens (including phenoxy) is 4. The van der Waals surface area contributed by atoms with Crippen molar-refractivity contribution in [1.82, 2.24) is 0 Å². The third-order valence-electron chi connectivity index (χ3n) is 7.95. The molecule has 6 nitrogen and oxygen atoms in total. The van der Waals surface area contributed by atoms with Crippen LogP contribution in [0.3, 0.4) is 0 Å². The van der Waals surface area contributed by atoms with Crippen molar-refractivity contribution < 1.29 is 18.9 Å². The molecule has 0 atom stereocenters. The summed E-state index contributed by atoms with van der Waals surface area (Å²) in [5.41, 5.74) is 6.00. The summed E-state index contributed by atoms with van der Waals surface area (Å²) in [5.74, 6) is 3.32. The summed E-state index contributed by atoms with van der Waals surface area (Å²) in [5, 5.41) is 2.27. The minimum Gasteiger partial charge on any atom is -0.494 e. The maximum absolute atomic E-state index is 5.82. The van der Waals surface area contributed by atoms with Crippen LogP contribution in [0.4, 0.5) is 34.1 Å². The first kappa shape index (κ1) is 32.3. The highest BCUT2D eigenvalue weighted by molar-refractivity contribution is 6.00. The maximum Gasteiger partial charge on any atom is 0.119 e. The van der Waals surface area contributed by atoms with Crippen molar-refractivity contribution in [3.05, 3.63) is 133 Å². The van der Waals surface area contributed by atoms with Crippen LogP contribution in [0.15, 0.2) is 133 Å². The smallest absolute Gasteiger partial charge is 0.119 e. The molecule has 244 valence electrons. The zero-order valence-electron chi connectivity index (χ0n) is 28.1. The highest BCUT2D eigenvalue weighted by atomic mass is 16.5. The number of benzene rings is 6. The van der Waals surface area contributed by atoms with Crippen LogP contribution in [0.5, 0.6) is 23.0 Å². The van der Waals surface area contributed by atoms with Crippen molar-refractivity contribution in [1.29, 1.82) is 0 Å². The van der Waals surface area contributed by atoms with Crippen molar-refractivity contribution in [3.8, 4) is 23.0 Å². The van der Waals surface area contributed by atoms with Crippen molar-refractivity contribution in [2.24, 2.45) is 0 Å². The van der Waals surface area contributed by atoms with E-state index in [0.717, 1.165) is 67.9 Å². The topological polar surface area (TPSA) is 43.4 Å². The Morgan fingerprint density at radius 1 is 0.354 bits per heavy atom. The lowest BCUT2D eigenvalue weighted by Crippen LogP contribution is -2.17. The van der Waals surface area contributed by atoms with E-state index in [0.29, 0.717) is 26.4 Å². The van der Waals surface area contributed by atoms with Gasteiger partial charge in [-0.25, -0.2) is 0 Å². The van der Waals surface area contributed by atoms with E-state index in [-0.39, 0.29) is 0 Å². The molecule has 0 aliphatic rings. The van der Waals surface area contributed by atoms with E-state index in [2.05, 4.69) is 94.7 Å². The zero-order chi connectivity index (χ0) is 33.3. The Morgan fingerprint density at radius 3 is 0.833 bits per heavy atom. The van der Waals surface area contributed by atoms with E-state index in [4.69, 9.17) is 18.9 Å². The van der Waals surface area contributed by atoms with Gasteiger partial charge in [-0.1, -0.05) is 24.3 Å². The van der Waals surface area contributed by atoms with Crippen LogP contribution in [0.2, 0.25) is 0 Å². The van der Waals surface area contributed by atoms with Gasteiger partial charge in [-0.15, -0.1) is 0 Å². The summed E-state index contributed by atoms with van der Waals surface area (Å²) in [6.07, 6.45) is 0. The molecule has 0 fully saturated rings. The molecular weight excluding hydrogens is 596 g/mol. The van der Waals surface area contributed by atoms with Crippen LogP contribution >= 0.6 is 0 Å². The minimum atomic E-state index is 0.607. The number of nitrogens with zero attached hydrogens (tertiary/aromatic N) is 2. The summed E-state index contributed by atoms with van der Waals surface area (Å²) < 4.78 is 23.3. The first-order chi connectivity index (χ1) is 23.6. The van der Waals surface area contributed by atoms with Crippen LogP contribution < -0.4 is 28.7 Å². The fraction of sp³-hybridized carbons (Fsp3) is 0.190. The molecule has 0 N–H and O–H groups in total. The first-order valence-corrected chi connectivity index (χ1v) is 16.7. The number of hydrogen-bond donors (Lipinski definition) is 0. The lowest BCUT2D eigenvalue weighted by molar-refractivity contribution is 0.340. The average molecular weight is 639 g/mol. The highest BCUT2D eigenvalue weighted by Gasteiger charge is 2.23. The van der Waals surface area contributed by atoms with Crippen molar-refractivity contribution >= 4 is 44.9 Å². The Bertz CT molecular complexity index is 1660. The zero-order valence-corrected chi connectivity index (χ0v) is 28.1. The molecule has 0 spiro atoms. The molecule has 0 aliphatic carbocycles. The normalized spacial score (nSPS) is 10.8. The molecule has 0 radical (unpaired) electrons. The summed E-state index contributed by atoms with van der Waals surface area (Å²) in [4.78, 5) is 4.59. The fourth-order valence-corrected chi connectivity index (χ4v) is 5.86. The SMILES string of the molecule is CCOc1ccc(N(c2ccc(OCC)cc2)c2cc3ccccc3cc2N(c2ccc(OCC)cc2)c2ccc(OCC)cc2)cc1. The van der Waals surface area contributed by atoms with Gasteiger partial charge in [0.15, 0.2) is 0 Å². The van der Waals surface area contributed by atoms with Crippen molar-refractivity contribution in [2.45, 2.75) is 27.7 Å². The van der Waals surface area contributed by atoms with Gasteiger partial charge in [0.25, 0.3) is 0 Å². The van der Waals surface area contributed by atoms with E-state index in [1.165, 1.54) is 0 Å². The number of fused-ring (bicyclic) bond motifs is 1. The van der Waals surface area contributed by atoms with Gasteiger partial charge in [-0.3, -0.25) is 0 Å². The Balaban J connectivity index is 1.61. The molecule has 0 unspecified atom stereocenters. The predicted molar refractivity (Wildman–Crippen MR) is 198 cm³/mol. The molecule has 0 aliphatic heterocycles. The predicted octanol–water partition coefficient (Wildman–Crippen LogP) is 11.4. The van der Waals surface area contributed by atoms with E-state index in [1.54, 1.807) is 0 Å². The van der Waals surface area contributed by atoms with Gasteiger partial charge in [-0.05, 0) is 148 Å². The number of rotatable bonds is 14. The lowest BCUT2D eigenvalue weighted by Gasteiger charge is -2.34. The molecule has 6 aromatic carbocycles. The average Bonchev–Trinajstić information content (AvgIpc) is 3.12. The first-order valence-electron chi connectivity index (χ1n) is 16.7. The third kappa shape index (κ3) is 7.18. The molecule has 0 amide bonds. The van der Waals surface area contributed by atoms with Gasteiger partial charge in [-0.2, -0.15) is 0 Å². The number of anilines is 6. The quantitative estimate of drug-likeness (QED) is 0.118. The van der Waals surface area contributed by atoms with Gasteiger partial charge in [0.2, 0.25) is 0 Å². The Hall–Kier alpha value is -5.62. The molecule has 0 saturated carbocycles. The second-order valence-electron chi connectivity index (χ2n) is 11.1. The van der Waals surface area contributed by atoms with Gasteiger partial charge >= 0.3 is 0 Å². The summed E-state index contributed by atoms with van der Waals surface area (Å²) >= 11 is 0. The molecule has 6 rings (SSSR count). The third-order valence-corrected chi connectivity index (χ3v) is 7.95. The molecule has 0 aromatic heterocycles. The van der Waals surface area contributed by atoms with Crippen LogP contribution in [-0.4, -0.2) is 26.4 Å². The van der Waals surface area contributed by atoms with Gasteiger partial charge in [0.1, 0.15) is 23.0 Å². The van der Waals surface area contributed by atoms with E-state index in [1.807, 2.05) is 76.2 Å².